The number of hydrogen-bond donors (Lipinski definition) is 2. The van der Waals surface area contributed by atoms with E-state index in [2.05, 4.69) is 10.3 Å². The molecule has 92 valence electrons. The number of phenolic OH excluding ortho intramolecular Hbond substituents is 1. The summed E-state index contributed by atoms with van der Waals surface area (Å²) in [6, 6.07) is 6.76. The Morgan fingerprint density at radius 1 is 1.28 bits per heavy atom. The Labute approximate surface area is 105 Å². The standard InChI is InChI=1S/C14H14N2O2/c1-9-3-4-11(13(17)7-9)14(18)16-12-8-15-6-5-10(12)2/h3-8,17H,1-2H3,(H,16,18). The van der Waals surface area contributed by atoms with E-state index in [1.165, 1.54) is 0 Å². The van der Waals surface area contributed by atoms with E-state index >= 15 is 0 Å². The van der Waals surface area contributed by atoms with Gasteiger partial charge in [0, 0.05) is 6.20 Å². The van der Waals surface area contributed by atoms with E-state index in [0.29, 0.717) is 5.69 Å². The fraction of sp³-hybridized carbons (Fsp3) is 0.143. The van der Waals surface area contributed by atoms with Gasteiger partial charge in [0.15, 0.2) is 0 Å². The predicted molar refractivity (Wildman–Crippen MR) is 69.8 cm³/mol. The SMILES string of the molecule is Cc1ccc(C(=O)Nc2cnccc2C)c(O)c1. The first-order valence-electron chi connectivity index (χ1n) is 5.59. The molecular formula is C14H14N2O2. The Balaban J connectivity index is 2.25. The summed E-state index contributed by atoms with van der Waals surface area (Å²) in [5.41, 5.74) is 2.72. The molecule has 0 fully saturated rings. The van der Waals surface area contributed by atoms with Gasteiger partial charge in [-0.05, 0) is 43.2 Å². The van der Waals surface area contributed by atoms with E-state index in [9.17, 15) is 9.90 Å². The lowest BCUT2D eigenvalue weighted by Crippen LogP contribution is -2.13. The molecule has 0 aliphatic rings. The van der Waals surface area contributed by atoms with Crippen molar-refractivity contribution in [3.05, 3.63) is 53.3 Å². The molecule has 2 N–H and O–H groups in total. The molecule has 1 amide bonds. The largest absolute Gasteiger partial charge is 0.507 e. The number of amides is 1. The minimum atomic E-state index is -0.344. The lowest BCUT2D eigenvalue weighted by molar-refractivity contribution is 0.102. The molecule has 1 heterocycles. The molecule has 0 atom stereocenters. The molecule has 0 radical (unpaired) electrons. The Morgan fingerprint density at radius 3 is 2.72 bits per heavy atom. The van der Waals surface area contributed by atoms with Gasteiger partial charge < -0.3 is 10.4 Å². The summed E-state index contributed by atoms with van der Waals surface area (Å²) in [4.78, 5) is 16.0. The average molecular weight is 242 g/mol. The molecule has 0 aliphatic heterocycles. The molecular weight excluding hydrogens is 228 g/mol. The molecule has 0 saturated carbocycles. The number of aromatic hydroxyl groups is 1. The molecule has 1 aromatic carbocycles. The van der Waals surface area contributed by atoms with Crippen LogP contribution in [0.5, 0.6) is 5.75 Å². The third-order valence-corrected chi connectivity index (χ3v) is 2.69. The van der Waals surface area contributed by atoms with Gasteiger partial charge in [0.05, 0.1) is 17.4 Å². The summed E-state index contributed by atoms with van der Waals surface area (Å²) in [6.45, 7) is 3.74. The van der Waals surface area contributed by atoms with Crippen LogP contribution in [0.4, 0.5) is 5.69 Å². The van der Waals surface area contributed by atoms with Gasteiger partial charge in [0.2, 0.25) is 0 Å². The maximum Gasteiger partial charge on any atom is 0.259 e. The Morgan fingerprint density at radius 2 is 2.06 bits per heavy atom. The number of aromatic nitrogens is 1. The van der Waals surface area contributed by atoms with Gasteiger partial charge in [0.1, 0.15) is 5.75 Å². The maximum atomic E-state index is 12.0. The van der Waals surface area contributed by atoms with Gasteiger partial charge >= 0.3 is 0 Å². The topological polar surface area (TPSA) is 62.2 Å². The van der Waals surface area contributed by atoms with E-state index in [1.807, 2.05) is 19.9 Å². The van der Waals surface area contributed by atoms with Crippen LogP contribution >= 0.6 is 0 Å². The highest BCUT2D eigenvalue weighted by Gasteiger charge is 2.12. The number of nitrogens with one attached hydrogen (secondary N) is 1. The van der Waals surface area contributed by atoms with Crippen LogP contribution in [0.25, 0.3) is 0 Å². The van der Waals surface area contributed by atoms with Gasteiger partial charge in [-0.15, -0.1) is 0 Å². The summed E-state index contributed by atoms with van der Waals surface area (Å²) in [7, 11) is 0. The van der Waals surface area contributed by atoms with Crippen molar-refractivity contribution in [3.8, 4) is 5.75 Å². The van der Waals surface area contributed by atoms with E-state index in [-0.39, 0.29) is 17.2 Å². The van der Waals surface area contributed by atoms with Crippen LogP contribution < -0.4 is 5.32 Å². The van der Waals surface area contributed by atoms with Crippen LogP contribution in [0.2, 0.25) is 0 Å². The van der Waals surface area contributed by atoms with Crippen molar-refractivity contribution < 1.29 is 9.90 Å². The summed E-state index contributed by atoms with van der Waals surface area (Å²) < 4.78 is 0. The third kappa shape index (κ3) is 2.48. The monoisotopic (exact) mass is 242 g/mol. The molecule has 2 rings (SSSR count). The smallest absolute Gasteiger partial charge is 0.259 e. The number of carbonyl (C=O) groups is 1. The van der Waals surface area contributed by atoms with Gasteiger partial charge in [-0.2, -0.15) is 0 Å². The van der Waals surface area contributed by atoms with Crippen molar-refractivity contribution in [3.63, 3.8) is 0 Å². The quantitative estimate of drug-likeness (QED) is 0.851. The molecule has 0 bridgehead atoms. The summed E-state index contributed by atoms with van der Waals surface area (Å²) in [5.74, 6) is -0.363. The van der Waals surface area contributed by atoms with Crippen molar-refractivity contribution in [2.24, 2.45) is 0 Å². The maximum absolute atomic E-state index is 12.0. The number of carbonyl (C=O) groups excluding carboxylic acids is 1. The highest BCUT2D eigenvalue weighted by Crippen LogP contribution is 2.20. The number of phenols is 1. The fourth-order valence-corrected chi connectivity index (χ4v) is 1.62. The van der Waals surface area contributed by atoms with E-state index in [4.69, 9.17) is 0 Å². The number of anilines is 1. The highest BCUT2D eigenvalue weighted by molar-refractivity contribution is 6.06. The van der Waals surface area contributed by atoms with Crippen molar-refractivity contribution in [2.45, 2.75) is 13.8 Å². The van der Waals surface area contributed by atoms with E-state index < -0.39 is 0 Å². The first-order chi connectivity index (χ1) is 8.58. The Bertz CT molecular complexity index is 594. The normalized spacial score (nSPS) is 10.1. The molecule has 0 spiro atoms. The molecule has 1 aromatic heterocycles. The molecule has 0 saturated heterocycles. The second-order valence-electron chi connectivity index (χ2n) is 4.17. The molecule has 4 nitrogen and oxygen atoms in total. The van der Waals surface area contributed by atoms with Crippen LogP contribution in [-0.4, -0.2) is 16.0 Å². The molecule has 0 aliphatic carbocycles. The number of pyridine rings is 1. The number of benzene rings is 1. The van der Waals surface area contributed by atoms with Gasteiger partial charge in [-0.1, -0.05) is 6.07 Å². The summed E-state index contributed by atoms with van der Waals surface area (Å²) in [6.07, 6.45) is 3.24. The minimum absolute atomic E-state index is 0.0194. The van der Waals surface area contributed by atoms with Crippen LogP contribution in [0.15, 0.2) is 36.7 Å². The summed E-state index contributed by atoms with van der Waals surface area (Å²) >= 11 is 0. The third-order valence-electron chi connectivity index (χ3n) is 2.69. The first kappa shape index (κ1) is 12.1. The highest BCUT2D eigenvalue weighted by atomic mass is 16.3. The minimum Gasteiger partial charge on any atom is -0.507 e. The van der Waals surface area contributed by atoms with Crippen LogP contribution in [-0.2, 0) is 0 Å². The average Bonchev–Trinajstić information content (AvgIpc) is 2.32. The fourth-order valence-electron chi connectivity index (χ4n) is 1.62. The van der Waals surface area contributed by atoms with E-state index in [1.54, 1.807) is 30.6 Å². The lowest BCUT2D eigenvalue weighted by Gasteiger charge is -2.09. The zero-order valence-electron chi connectivity index (χ0n) is 10.3. The van der Waals surface area contributed by atoms with Crippen LogP contribution in [0, 0.1) is 13.8 Å². The number of hydrogen-bond acceptors (Lipinski definition) is 3. The first-order valence-corrected chi connectivity index (χ1v) is 5.59. The lowest BCUT2D eigenvalue weighted by atomic mass is 10.1. The predicted octanol–water partition coefficient (Wildman–Crippen LogP) is 2.66. The van der Waals surface area contributed by atoms with Crippen LogP contribution in [0.1, 0.15) is 21.5 Å². The Hall–Kier alpha value is -2.36. The zero-order valence-corrected chi connectivity index (χ0v) is 10.3. The van der Waals surface area contributed by atoms with Crippen molar-refractivity contribution in [2.75, 3.05) is 5.32 Å². The second kappa shape index (κ2) is 4.87. The van der Waals surface area contributed by atoms with Crippen molar-refractivity contribution in [1.29, 1.82) is 0 Å². The van der Waals surface area contributed by atoms with Gasteiger partial charge in [-0.3, -0.25) is 9.78 Å². The van der Waals surface area contributed by atoms with E-state index in [0.717, 1.165) is 11.1 Å². The van der Waals surface area contributed by atoms with Gasteiger partial charge in [0.25, 0.3) is 5.91 Å². The molecule has 18 heavy (non-hydrogen) atoms. The molecule has 0 unspecified atom stereocenters. The number of nitrogens with zero attached hydrogens (tertiary/aromatic N) is 1. The zero-order chi connectivity index (χ0) is 13.1. The van der Waals surface area contributed by atoms with Gasteiger partial charge in [-0.25, -0.2) is 0 Å². The molecule has 4 heteroatoms. The summed E-state index contributed by atoms with van der Waals surface area (Å²) in [5, 5.41) is 12.5. The number of rotatable bonds is 2. The van der Waals surface area contributed by atoms with Crippen molar-refractivity contribution in [1.82, 2.24) is 4.98 Å². The van der Waals surface area contributed by atoms with Crippen molar-refractivity contribution >= 4 is 11.6 Å². The number of aryl methyl sites for hydroxylation is 2. The van der Waals surface area contributed by atoms with Crippen LogP contribution in [0.3, 0.4) is 0 Å². The molecule has 2 aromatic rings. The second-order valence-corrected chi connectivity index (χ2v) is 4.17. The Kier molecular flexibility index (Phi) is 3.28.